The van der Waals surface area contributed by atoms with E-state index >= 15 is 0 Å². The van der Waals surface area contributed by atoms with E-state index in [1.807, 2.05) is 24.3 Å². The molecule has 0 aliphatic carbocycles. The summed E-state index contributed by atoms with van der Waals surface area (Å²) in [5, 5.41) is 13.4. The van der Waals surface area contributed by atoms with E-state index in [0.717, 1.165) is 35.3 Å². The van der Waals surface area contributed by atoms with Crippen molar-refractivity contribution in [1.82, 2.24) is 5.32 Å². The maximum absolute atomic E-state index is 13.3. The summed E-state index contributed by atoms with van der Waals surface area (Å²) in [6, 6.07) is 11.8. The van der Waals surface area contributed by atoms with Gasteiger partial charge in [0.1, 0.15) is 0 Å². The number of fused-ring (bicyclic) bond motifs is 1. The summed E-state index contributed by atoms with van der Waals surface area (Å²) >= 11 is 1.67. The Labute approximate surface area is 153 Å². The second-order valence-corrected chi connectivity index (χ2v) is 7.45. The first kappa shape index (κ1) is 18.8. The van der Waals surface area contributed by atoms with E-state index in [4.69, 9.17) is 0 Å². The van der Waals surface area contributed by atoms with Crippen LogP contribution in [0.5, 0.6) is 0 Å². The average molecular weight is 381 g/mol. The van der Waals surface area contributed by atoms with Gasteiger partial charge in [-0.05, 0) is 31.0 Å². The summed E-state index contributed by atoms with van der Waals surface area (Å²) in [6.45, 7) is 1.09. The lowest BCUT2D eigenvalue weighted by Gasteiger charge is -2.31. The highest BCUT2D eigenvalue weighted by atomic mass is 32.2. The number of rotatable bonds is 3. The molecule has 0 fully saturated rings. The van der Waals surface area contributed by atoms with Crippen LogP contribution < -0.4 is 5.32 Å². The van der Waals surface area contributed by atoms with Gasteiger partial charge in [0.25, 0.3) is 5.91 Å². The van der Waals surface area contributed by atoms with E-state index in [-0.39, 0.29) is 6.04 Å². The van der Waals surface area contributed by atoms with Gasteiger partial charge in [0, 0.05) is 16.2 Å². The van der Waals surface area contributed by atoms with Crippen molar-refractivity contribution >= 4 is 17.7 Å². The maximum atomic E-state index is 13.3. The molecule has 7 heteroatoms. The molecular formula is C19H18F3NO2S. The van der Waals surface area contributed by atoms with Gasteiger partial charge in [-0.2, -0.15) is 13.2 Å². The molecule has 1 aliphatic heterocycles. The van der Waals surface area contributed by atoms with Gasteiger partial charge < -0.3 is 10.4 Å². The molecule has 2 atom stereocenters. The molecule has 2 N–H and O–H groups in total. The number of aliphatic hydroxyl groups is 1. The second-order valence-electron chi connectivity index (χ2n) is 6.32. The predicted octanol–water partition coefficient (Wildman–Crippen LogP) is 4.27. The predicted molar refractivity (Wildman–Crippen MR) is 93.7 cm³/mol. The Morgan fingerprint density at radius 1 is 1.12 bits per heavy atom. The molecular weight excluding hydrogens is 363 g/mol. The minimum atomic E-state index is -4.66. The van der Waals surface area contributed by atoms with Gasteiger partial charge in [0.2, 0.25) is 0 Å². The summed E-state index contributed by atoms with van der Waals surface area (Å²) in [5.41, 5.74) is -2.86. The molecule has 3 nitrogen and oxygen atoms in total. The van der Waals surface area contributed by atoms with Gasteiger partial charge in [-0.15, -0.1) is 11.8 Å². The monoisotopic (exact) mass is 381 g/mol. The molecule has 0 radical (unpaired) electrons. The first-order valence-electron chi connectivity index (χ1n) is 8.13. The minimum absolute atomic E-state index is 0.343. The molecule has 1 amide bonds. The van der Waals surface area contributed by atoms with Crippen LogP contribution >= 0.6 is 11.8 Å². The summed E-state index contributed by atoms with van der Waals surface area (Å²) < 4.78 is 39.8. The summed E-state index contributed by atoms with van der Waals surface area (Å²) in [7, 11) is 0. The quantitative estimate of drug-likeness (QED) is 0.835. The van der Waals surface area contributed by atoms with Crippen molar-refractivity contribution in [3.63, 3.8) is 0 Å². The molecule has 0 spiro atoms. The molecule has 26 heavy (non-hydrogen) atoms. The number of thioether (sulfide) groups is 1. The highest BCUT2D eigenvalue weighted by Gasteiger charge is 2.42. The largest absolute Gasteiger partial charge is 0.416 e. The molecule has 0 saturated carbocycles. The topological polar surface area (TPSA) is 49.3 Å². The van der Waals surface area contributed by atoms with E-state index in [9.17, 15) is 23.1 Å². The lowest BCUT2D eigenvalue weighted by atomic mass is 9.89. The summed E-state index contributed by atoms with van der Waals surface area (Å²) in [6.07, 6.45) is -4.01. The lowest BCUT2D eigenvalue weighted by molar-refractivity contribution is -0.146. The SMILES string of the molecule is C[C@](O)(C(=O)N[C@@H]1CCSc2ccccc21)c1ccccc1C(F)(F)F. The molecule has 3 rings (SSSR count). The lowest BCUT2D eigenvalue weighted by Crippen LogP contribution is -2.45. The highest BCUT2D eigenvalue weighted by Crippen LogP contribution is 2.39. The van der Waals surface area contributed by atoms with Gasteiger partial charge in [0.05, 0.1) is 11.6 Å². The van der Waals surface area contributed by atoms with Crippen molar-refractivity contribution < 1.29 is 23.1 Å². The van der Waals surface area contributed by atoms with Gasteiger partial charge in [-0.3, -0.25) is 4.79 Å². The summed E-state index contributed by atoms with van der Waals surface area (Å²) in [5.74, 6) is -0.0654. The van der Waals surface area contributed by atoms with Crippen molar-refractivity contribution in [3.05, 3.63) is 65.2 Å². The van der Waals surface area contributed by atoms with Crippen LogP contribution in [0.3, 0.4) is 0 Å². The van der Waals surface area contributed by atoms with Crippen LogP contribution in [0.15, 0.2) is 53.4 Å². The van der Waals surface area contributed by atoms with E-state index < -0.39 is 28.8 Å². The smallest absolute Gasteiger partial charge is 0.376 e. The van der Waals surface area contributed by atoms with Crippen molar-refractivity contribution in [2.75, 3.05) is 5.75 Å². The zero-order valence-electron chi connectivity index (χ0n) is 14.0. The number of hydrogen-bond acceptors (Lipinski definition) is 3. The van der Waals surface area contributed by atoms with Crippen molar-refractivity contribution in [3.8, 4) is 0 Å². The molecule has 0 aromatic heterocycles. The summed E-state index contributed by atoms with van der Waals surface area (Å²) in [4.78, 5) is 13.7. The Kier molecular flexibility index (Phi) is 5.03. The molecule has 2 aromatic rings. The number of carbonyl (C=O) groups is 1. The van der Waals surface area contributed by atoms with Crippen LogP contribution in [0.4, 0.5) is 13.2 Å². The Morgan fingerprint density at radius 3 is 2.42 bits per heavy atom. The first-order valence-corrected chi connectivity index (χ1v) is 9.11. The normalized spacial score (nSPS) is 19.3. The molecule has 1 heterocycles. The molecule has 0 bridgehead atoms. The average Bonchev–Trinajstić information content (AvgIpc) is 2.61. The highest BCUT2D eigenvalue weighted by molar-refractivity contribution is 7.99. The second kappa shape index (κ2) is 6.96. The Hall–Kier alpha value is -1.99. The zero-order chi connectivity index (χ0) is 18.9. The molecule has 138 valence electrons. The number of halogens is 3. The van der Waals surface area contributed by atoms with Crippen LogP contribution in [0, 0.1) is 0 Å². The van der Waals surface area contributed by atoms with Crippen molar-refractivity contribution in [2.45, 2.75) is 36.1 Å². The fourth-order valence-electron chi connectivity index (χ4n) is 3.07. The van der Waals surface area contributed by atoms with Gasteiger partial charge in [0.15, 0.2) is 5.60 Å². The number of benzene rings is 2. The van der Waals surface area contributed by atoms with E-state index in [2.05, 4.69) is 5.32 Å². The molecule has 1 aliphatic rings. The third-order valence-corrected chi connectivity index (χ3v) is 5.59. The fourth-order valence-corrected chi connectivity index (χ4v) is 4.19. The van der Waals surface area contributed by atoms with Crippen molar-refractivity contribution in [1.29, 1.82) is 0 Å². The van der Waals surface area contributed by atoms with E-state index in [1.54, 1.807) is 11.8 Å². The van der Waals surface area contributed by atoms with Gasteiger partial charge in [-0.1, -0.05) is 36.4 Å². The Morgan fingerprint density at radius 2 is 1.73 bits per heavy atom. The van der Waals surface area contributed by atoms with Gasteiger partial charge in [-0.25, -0.2) is 0 Å². The van der Waals surface area contributed by atoms with E-state index in [0.29, 0.717) is 6.42 Å². The number of carbonyl (C=O) groups excluding carboxylic acids is 1. The fraction of sp³-hybridized carbons (Fsp3) is 0.316. The van der Waals surface area contributed by atoms with Crippen LogP contribution in [0.25, 0.3) is 0 Å². The molecule has 0 saturated heterocycles. The number of amides is 1. The van der Waals surface area contributed by atoms with E-state index in [1.165, 1.54) is 12.1 Å². The molecule has 0 unspecified atom stereocenters. The third-order valence-electron chi connectivity index (χ3n) is 4.46. The number of alkyl halides is 3. The minimum Gasteiger partial charge on any atom is -0.376 e. The number of hydrogen-bond donors (Lipinski definition) is 2. The first-order chi connectivity index (χ1) is 12.2. The van der Waals surface area contributed by atoms with Crippen LogP contribution in [-0.4, -0.2) is 16.8 Å². The third kappa shape index (κ3) is 3.59. The van der Waals surface area contributed by atoms with Gasteiger partial charge >= 0.3 is 6.18 Å². The van der Waals surface area contributed by atoms with Crippen molar-refractivity contribution in [2.24, 2.45) is 0 Å². The van der Waals surface area contributed by atoms with Crippen LogP contribution in [0.2, 0.25) is 0 Å². The number of nitrogens with one attached hydrogen (secondary N) is 1. The standard InChI is InChI=1S/C19H18F3NO2S/c1-18(25,13-7-3-4-8-14(13)19(20,21)22)17(24)23-15-10-11-26-16-9-5-2-6-12(15)16/h2-9,15,25H,10-11H2,1H3,(H,23,24)/t15-,18-/m1/s1. The van der Waals surface area contributed by atoms with Crippen LogP contribution in [0.1, 0.15) is 36.1 Å². The maximum Gasteiger partial charge on any atom is 0.416 e. The Balaban J connectivity index is 1.89. The Bertz CT molecular complexity index is 820. The molecule has 2 aromatic carbocycles. The van der Waals surface area contributed by atoms with Crippen LogP contribution in [-0.2, 0) is 16.6 Å². The zero-order valence-corrected chi connectivity index (χ0v) is 14.8.